The third-order valence-electron chi connectivity index (χ3n) is 2.89. The number of aryl methyl sites for hydroxylation is 1. The predicted octanol–water partition coefficient (Wildman–Crippen LogP) is 2.84. The number of aromatic nitrogens is 2. The summed E-state index contributed by atoms with van der Waals surface area (Å²) in [6.07, 6.45) is 3.90. The molecule has 3 rings (SSSR count). The average Bonchev–Trinajstić information content (AvgIpc) is 2.97. The molecule has 5 heteroatoms. The van der Waals surface area contributed by atoms with E-state index in [1.54, 1.807) is 11.3 Å². The van der Waals surface area contributed by atoms with Crippen molar-refractivity contribution in [2.45, 2.75) is 6.54 Å². The fourth-order valence-corrected chi connectivity index (χ4v) is 2.72. The molecule has 3 aromatic rings. The molecule has 0 amide bonds. The maximum absolute atomic E-state index is 5.59. The highest BCUT2D eigenvalue weighted by atomic mass is 32.1. The standard InChI is InChI=1S/C13H14N4S/c1-17-8-11(10-4-2-3-5-12(10)17)16-13-15-7-9(6-14)18-13/h2-5,7-8H,6,14H2,1H3,(H,15,16). The van der Waals surface area contributed by atoms with Gasteiger partial charge in [-0.1, -0.05) is 18.2 Å². The van der Waals surface area contributed by atoms with Gasteiger partial charge in [-0.15, -0.1) is 11.3 Å². The number of nitrogens with zero attached hydrogens (tertiary/aromatic N) is 2. The van der Waals surface area contributed by atoms with E-state index in [0.29, 0.717) is 6.54 Å². The number of thiazole rings is 1. The van der Waals surface area contributed by atoms with E-state index in [4.69, 9.17) is 5.73 Å². The quantitative estimate of drug-likeness (QED) is 0.759. The maximum Gasteiger partial charge on any atom is 0.187 e. The zero-order valence-electron chi connectivity index (χ0n) is 10.1. The highest BCUT2D eigenvalue weighted by Crippen LogP contribution is 2.29. The monoisotopic (exact) mass is 258 g/mol. The molecule has 2 aromatic heterocycles. The number of hydrogen-bond acceptors (Lipinski definition) is 4. The molecule has 0 aliphatic heterocycles. The van der Waals surface area contributed by atoms with Crippen LogP contribution >= 0.6 is 11.3 Å². The normalized spacial score (nSPS) is 11.0. The van der Waals surface area contributed by atoms with Crippen LogP contribution in [-0.2, 0) is 13.6 Å². The Morgan fingerprint density at radius 2 is 2.22 bits per heavy atom. The van der Waals surface area contributed by atoms with E-state index in [2.05, 4.69) is 33.2 Å². The summed E-state index contributed by atoms with van der Waals surface area (Å²) in [7, 11) is 2.04. The lowest BCUT2D eigenvalue weighted by molar-refractivity contribution is 0.970. The van der Waals surface area contributed by atoms with Crippen molar-refractivity contribution in [1.82, 2.24) is 9.55 Å². The molecule has 0 aliphatic rings. The molecule has 0 atom stereocenters. The van der Waals surface area contributed by atoms with Crippen molar-refractivity contribution >= 4 is 33.1 Å². The largest absolute Gasteiger partial charge is 0.348 e. The van der Waals surface area contributed by atoms with Crippen LogP contribution in [0.4, 0.5) is 10.8 Å². The third kappa shape index (κ3) is 1.87. The van der Waals surface area contributed by atoms with Gasteiger partial charge in [-0.2, -0.15) is 0 Å². The Labute approximate surface area is 109 Å². The molecule has 18 heavy (non-hydrogen) atoms. The van der Waals surface area contributed by atoms with Crippen LogP contribution in [-0.4, -0.2) is 9.55 Å². The SMILES string of the molecule is Cn1cc(Nc2ncc(CN)s2)c2ccccc21. The molecule has 0 saturated heterocycles. The fraction of sp³-hybridized carbons (Fsp3) is 0.154. The molecule has 2 heterocycles. The number of anilines is 2. The van der Waals surface area contributed by atoms with Gasteiger partial charge in [-0.05, 0) is 6.07 Å². The van der Waals surface area contributed by atoms with Gasteiger partial charge < -0.3 is 15.6 Å². The van der Waals surface area contributed by atoms with E-state index in [0.717, 1.165) is 15.7 Å². The Morgan fingerprint density at radius 3 is 3.00 bits per heavy atom. The van der Waals surface area contributed by atoms with Crippen LogP contribution in [0.1, 0.15) is 4.88 Å². The van der Waals surface area contributed by atoms with Gasteiger partial charge in [0, 0.05) is 41.8 Å². The summed E-state index contributed by atoms with van der Waals surface area (Å²) >= 11 is 1.59. The number of para-hydroxylation sites is 1. The van der Waals surface area contributed by atoms with Gasteiger partial charge in [0.15, 0.2) is 5.13 Å². The second-order valence-electron chi connectivity index (χ2n) is 4.13. The van der Waals surface area contributed by atoms with E-state index in [1.165, 1.54) is 10.9 Å². The van der Waals surface area contributed by atoms with Crippen molar-refractivity contribution < 1.29 is 0 Å². The lowest BCUT2D eigenvalue weighted by Crippen LogP contribution is -1.91. The zero-order valence-corrected chi connectivity index (χ0v) is 10.9. The molecule has 0 unspecified atom stereocenters. The van der Waals surface area contributed by atoms with Crippen molar-refractivity contribution in [1.29, 1.82) is 0 Å². The van der Waals surface area contributed by atoms with Crippen LogP contribution in [0.2, 0.25) is 0 Å². The molecule has 0 spiro atoms. The Balaban J connectivity index is 1.99. The van der Waals surface area contributed by atoms with Gasteiger partial charge in [0.05, 0.1) is 5.69 Å². The Morgan fingerprint density at radius 1 is 1.39 bits per heavy atom. The number of hydrogen-bond donors (Lipinski definition) is 2. The molecule has 0 bridgehead atoms. The number of rotatable bonds is 3. The zero-order chi connectivity index (χ0) is 12.5. The van der Waals surface area contributed by atoms with Crippen molar-refractivity contribution in [3.05, 3.63) is 41.5 Å². The Bertz CT molecular complexity index is 683. The van der Waals surface area contributed by atoms with Crippen LogP contribution < -0.4 is 11.1 Å². The van der Waals surface area contributed by atoms with Gasteiger partial charge >= 0.3 is 0 Å². The summed E-state index contributed by atoms with van der Waals surface area (Å²) in [5, 5.41) is 5.43. The smallest absolute Gasteiger partial charge is 0.187 e. The molecule has 3 N–H and O–H groups in total. The van der Waals surface area contributed by atoms with Gasteiger partial charge in [0.25, 0.3) is 0 Å². The van der Waals surface area contributed by atoms with Crippen molar-refractivity contribution in [2.24, 2.45) is 12.8 Å². The van der Waals surface area contributed by atoms with Gasteiger partial charge in [-0.3, -0.25) is 0 Å². The summed E-state index contributed by atoms with van der Waals surface area (Å²) in [5.74, 6) is 0. The first-order valence-electron chi connectivity index (χ1n) is 5.74. The maximum atomic E-state index is 5.59. The minimum absolute atomic E-state index is 0.537. The summed E-state index contributed by atoms with van der Waals surface area (Å²) in [6, 6.07) is 8.30. The topological polar surface area (TPSA) is 55.9 Å². The highest BCUT2D eigenvalue weighted by Gasteiger charge is 2.07. The molecule has 92 valence electrons. The number of fused-ring (bicyclic) bond motifs is 1. The third-order valence-corrected chi connectivity index (χ3v) is 3.83. The molecular weight excluding hydrogens is 244 g/mol. The number of nitrogens with one attached hydrogen (secondary N) is 1. The fourth-order valence-electron chi connectivity index (χ4n) is 2.02. The number of nitrogens with two attached hydrogens (primary N) is 1. The minimum atomic E-state index is 0.537. The van der Waals surface area contributed by atoms with Crippen molar-refractivity contribution in [2.75, 3.05) is 5.32 Å². The Hall–Kier alpha value is -1.85. The Kier molecular flexibility index (Phi) is 2.77. The van der Waals surface area contributed by atoms with E-state index in [-0.39, 0.29) is 0 Å². The van der Waals surface area contributed by atoms with Crippen LogP contribution in [0.3, 0.4) is 0 Å². The first kappa shape index (κ1) is 11.3. The van der Waals surface area contributed by atoms with E-state index in [1.807, 2.05) is 25.4 Å². The highest BCUT2D eigenvalue weighted by molar-refractivity contribution is 7.15. The van der Waals surface area contributed by atoms with Crippen molar-refractivity contribution in [3.8, 4) is 0 Å². The van der Waals surface area contributed by atoms with Gasteiger partial charge in [-0.25, -0.2) is 4.98 Å². The second-order valence-corrected chi connectivity index (χ2v) is 5.25. The van der Waals surface area contributed by atoms with Crippen molar-refractivity contribution in [3.63, 3.8) is 0 Å². The summed E-state index contributed by atoms with van der Waals surface area (Å²) < 4.78 is 2.11. The summed E-state index contributed by atoms with van der Waals surface area (Å²) in [4.78, 5) is 5.40. The van der Waals surface area contributed by atoms with Crippen LogP contribution in [0.15, 0.2) is 36.7 Å². The van der Waals surface area contributed by atoms with E-state index in [9.17, 15) is 0 Å². The first-order chi connectivity index (χ1) is 8.78. The molecular formula is C13H14N4S. The van der Waals surface area contributed by atoms with E-state index >= 15 is 0 Å². The van der Waals surface area contributed by atoms with Gasteiger partial charge in [0.2, 0.25) is 0 Å². The molecule has 0 fully saturated rings. The van der Waals surface area contributed by atoms with Crippen LogP contribution in [0, 0.1) is 0 Å². The number of benzene rings is 1. The average molecular weight is 258 g/mol. The molecule has 1 aromatic carbocycles. The minimum Gasteiger partial charge on any atom is -0.348 e. The second kappa shape index (κ2) is 4.44. The lowest BCUT2D eigenvalue weighted by Gasteiger charge is -1.99. The van der Waals surface area contributed by atoms with E-state index < -0.39 is 0 Å². The molecule has 0 aliphatic carbocycles. The predicted molar refractivity (Wildman–Crippen MR) is 76.2 cm³/mol. The molecule has 0 saturated carbocycles. The first-order valence-corrected chi connectivity index (χ1v) is 6.55. The molecule has 0 radical (unpaired) electrons. The summed E-state index contributed by atoms with van der Waals surface area (Å²) in [5.41, 5.74) is 7.87. The van der Waals surface area contributed by atoms with Gasteiger partial charge in [0.1, 0.15) is 0 Å². The van der Waals surface area contributed by atoms with Crippen LogP contribution in [0.25, 0.3) is 10.9 Å². The summed E-state index contributed by atoms with van der Waals surface area (Å²) in [6.45, 7) is 0.537. The lowest BCUT2D eigenvalue weighted by atomic mass is 10.2. The molecule has 4 nitrogen and oxygen atoms in total. The van der Waals surface area contributed by atoms with Crippen LogP contribution in [0.5, 0.6) is 0 Å².